The molecular formula is C23H29N3O5S2. The molecular weight excluding hydrogens is 462 g/mol. The van der Waals surface area contributed by atoms with Crippen molar-refractivity contribution in [3.05, 3.63) is 42.4 Å². The molecule has 3 heterocycles. The standard InChI is InChI=1S/C23H29N3O5S2/c1-16-7-9-25(10-8-16)33(29,30)19-5-6-21-20(13-19)26(23(28)12-17(2)32-21)15-22(27)24-14-18-4-3-11-31-18/h3-6,11,13,16-17H,7-10,12,14-15H2,1-2H3,(H,24,27). The van der Waals surface area contributed by atoms with Crippen LogP contribution in [0.25, 0.3) is 0 Å². The van der Waals surface area contributed by atoms with E-state index in [1.807, 2.05) is 6.92 Å². The number of furan rings is 1. The number of carbonyl (C=O) groups excluding carboxylic acids is 2. The molecule has 1 unspecified atom stereocenters. The molecule has 2 amide bonds. The van der Waals surface area contributed by atoms with E-state index >= 15 is 0 Å². The van der Waals surface area contributed by atoms with Crippen LogP contribution in [0.4, 0.5) is 5.69 Å². The summed E-state index contributed by atoms with van der Waals surface area (Å²) in [7, 11) is -3.68. The van der Waals surface area contributed by atoms with Gasteiger partial charge in [-0.1, -0.05) is 13.8 Å². The molecule has 1 N–H and O–H groups in total. The second-order valence-corrected chi connectivity index (χ2v) is 12.1. The van der Waals surface area contributed by atoms with Crippen LogP contribution in [0.3, 0.4) is 0 Å². The van der Waals surface area contributed by atoms with Crippen LogP contribution in [0.2, 0.25) is 0 Å². The van der Waals surface area contributed by atoms with Crippen LogP contribution in [0.5, 0.6) is 0 Å². The Morgan fingerprint density at radius 1 is 1.21 bits per heavy atom. The van der Waals surface area contributed by atoms with E-state index in [1.165, 1.54) is 27.2 Å². The molecule has 0 radical (unpaired) electrons. The maximum Gasteiger partial charge on any atom is 0.243 e. The highest BCUT2D eigenvalue weighted by Crippen LogP contribution is 2.39. The summed E-state index contributed by atoms with van der Waals surface area (Å²) in [6.45, 7) is 5.09. The first-order valence-electron chi connectivity index (χ1n) is 11.1. The number of nitrogens with zero attached hydrogens (tertiary/aromatic N) is 2. The first-order valence-corrected chi connectivity index (χ1v) is 13.5. The molecule has 1 aromatic carbocycles. The molecule has 1 fully saturated rings. The maximum absolute atomic E-state index is 13.3. The highest BCUT2D eigenvalue weighted by atomic mass is 32.2. The third-order valence-electron chi connectivity index (χ3n) is 6.03. The van der Waals surface area contributed by atoms with Gasteiger partial charge in [0.1, 0.15) is 12.3 Å². The monoisotopic (exact) mass is 491 g/mol. The quantitative estimate of drug-likeness (QED) is 0.666. The van der Waals surface area contributed by atoms with Crippen molar-refractivity contribution < 1.29 is 22.4 Å². The summed E-state index contributed by atoms with van der Waals surface area (Å²) in [5, 5.41) is 2.77. The predicted molar refractivity (Wildman–Crippen MR) is 126 cm³/mol. The third-order valence-corrected chi connectivity index (χ3v) is 9.10. The molecule has 10 heteroatoms. The fourth-order valence-electron chi connectivity index (χ4n) is 4.06. The summed E-state index contributed by atoms with van der Waals surface area (Å²) in [5.41, 5.74) is 0.467. The van der Waals surface area contributed by atoms with Gasteiger partial charge in [0.05, 0.1) is 23.4 Å². The zero-order valence-corrected chi connectivity index (χ0v) is 20.5. The van der Waals surface area contributed by atoms with E-state index in [1.54, 1.807) is 30.3 Å². The lowest BCUT2D eigenvalue weighted by Crippen LogP contribution is -2.41. The van der Waals surface area contributed by atoms with Crippen LogP contribution in [0, 0.1) is 5.92 Å². The lowest BCUT2D eigenvalue weighted by atomic mass is 10.0. The zero-order chi connectivity index (χ0) is 23.6. The van der Waals surface area contributed by atoms with Gasteiger partial charge in [-0.2, -0.15) is 4.31 Å². The minimum atomic E-state index is -3.68. The molecule has 1 atom stereocenters. The smallest absolute Gasteiger partial charge is 0.243 e. The summed E-state index contributed by atoms with van der Waals surface area (Å²) >= 11 is 1.52. The number of anilines is 1. The normalized spacial score (nSPS) is 20.4. The van der Waals surface area contributed by atoms with Crippen LogP contribution in [0.1, 0.15) is 38.9 Å². The van der Waals surface area contributed by atoms with Crippen molar-refractivity contribution in [2.75, 3.05) is 24.5 Å². The SMILES string of the molecule is CC1CCN(S(=O)(=O)c2ccc3c(c2)N(CC(=O)NCc2ccco2)C(=O)CC(C)S3)CC1. The van der Waals surface area contributed by atoms with E-state index in [9.17, 15) is 18.0 Å². The van der Waals surface area contributed by atoms with Crippen molar-refractivity contribution in [2.45, 2.75) is 54.7 Å². The van der Waals surface area contributed by atoms with Crippen molar-refractivity contribution in [3.8, 4) is 0 Å². The van der Waals surface area contributed by atoms with Crippen LogP contribution in [-0.2, 0) is 26.2 Å². The van der Waals surface area contributed by atoms with E-state index in [-0.39, 0.29) is 41.5 Å². The number of carbonyl (C=O) groups is 2. The Bertz CT molecular complexity index is 1110. The molecule has 2 aliphatic rings. The second kappa shape index (κ2) is 9.90. The van der Waals surface area contributed by atoms with Gasteiger partial charge in [0.25, 0.3) is 0 Å². The number of rotatable bonds is 6. The Hall–Kier alpha value is -2.30. The van der Waals surface area contributed by atoms with Gasteiger partial charge in [-0.15, -0.1) is 11.8 Å². The Morgan fingerprint density at radius 2 is 1.97 bits per heavy atom. The Labute approximate surface area is 198 Å². The van der Waals surface area contributed by atoms with Gasteiger partial charge in [-0.25, -0.2) is 8.42 Å². The van der Waals surface area contributed by atoms with Gasteiger partial charge >= 0.3 is 0 Å². The molecule has 1 aromatic heterocycles. The average molecular weight is 492 g/mol. The molecule has 0 spiro atoms. The third kappa shape index (κ3) is 5.44. The van der Waals surface area contributed by atoms with E-state index in [0.29, 0.717) is 30.5 Å². The number of hydrogen-bond donors (Lipinski definition) is 1. The zero-order valence-electron chi connectivity index (χ0n) is 18.8. The number of sulfonamides is 1. The summed E-state index contributed by atoms with van der Waals surface area (Å²) < 4.78 is 33.4. The highest BCUT2D eigenvalue weighted by molar-refractivity contribution is 8.00. The number of benzene rings is 1. The minimum absolute atomic E-state index is 0.0125. The Morgan fingerprint density at radius 3 is 2.67 bits per heavy atom. The van der Waals surface area contributed by atoms with Crippen molar-refractivity contribution in [1.29, 1.82) is 0 Å². The Kier molecular flexibility index (Phi) is 7.16. The summed E-state index contributed by atoms with van der Waals surface area (Å²) in [6, 6.07) is 8.40. The number of hydrogen-bond acceptors (Lipinski definition) is 6. The fraction of sp³-hybridized carbons (Fsp3) is 0.478. The maximum atomic E-state index is 13.3. The van der Waals surface area contributed by atoms with Crippen LogP contribution < -0.4 is 10.2 Å². The van der Waals surface area contributed by atoms with Crippen molar-refractivity contribution in [1.82, 2.24) is 9.62 Å². The molecule has 178 valence electrons. The second-order valence-electron chi connectivity index (χ2n) is 8.68. The lowest BCUT2D eigenvalue weighted by Gasteiger charge is -2.30. The van der Waals surface area contributed by atoms with E-state index in [4.69, 9.17) is 4.42 Å². The number of fused-ring (bicyclic) bond motifs is 1. The van der Waals surface area contributed by atoms with Gasteiger partial charge in [-0.05, 0) is 49.1 Å². The lowest BCUT2D eigenvalue weighted by molar-refractivity contribution is -0.124. The Balaban J connectivity index is 1.59. The van der Waals surface area contributed by atoms with Gasteiger partial charge in [-0.3, -0.25) is 9.59 Å². The minimum Gasteiger partial charge on any atom is -0.467 e. The molecule has 0 bridgehead atoms. The van der Waals surface area contributed by atoms with E-state index in [2.05, 4.69) is 12.2 Å². The van der Waals surface area contributed by atoms with E-state index in [0.717, 1.165) is 17.7 Å². The molecule has 0 aliphatic carbocycles. The summed E-state index contributed by atoms with van der Waals surface area (Å²) in [6.07, 6.45) is 3.45. The van der Waals surface area contributed by atoms with Crippen molar-refractivity contribution in [3.63, 3.8) is 0 Å². The predicted octanol–water partition coefficient (Wildman–Crippen LogP) is 3.23. The van der Waals surface area contributed by atoms with Gasteiger partial charge in [0.2, 0.25) is 21.8 Å². The molecule has 8 nitrogen and oxygen atoms in total. The first kappa shape index (κ1) is 23.8. The van der Waals surface area contributed by atoms with Crippen LogP contribution in [0.15, 0.2) is 50.8 Å². The molecule has 1 saturated heterocycles. The fourth-order valence-corrected chi connectivity index (χ4v) is 6.65. The summed E-state index contributed by atoms with van der Waals surface area (Å²) in [5.74, 6) is 0.570. The molecule has 2 aromatic rings. The van der Waals surface area contributed by atoms with Crippen LogP contribution >= 0.6 is 11.8 Å². The number of amides is 2. The van der Waals surface area contributed by atoms with Crippen molar-refractivity contribution in [2.24, 2.45) is 5.92 Å². The van der Waals surface area contributed by atoms with Gasteiger partial charge in [0, 0.05) is 29.7 Å². The largest absolute Gasteiger partial charge is 0.467 e. The molecule has 4 rings (SSSR count). The molecule has 0 saturated carbocycles. The number of thioether (sulfide) groups is 1. The first-order chi connectivity index (χ1) is 15.7. The molecule has 33 heavy (non-hydrogen) atoms. The number of piperidine rings is 1. The van der Waals surface area contributed by atoms with Gasteiger partial charge in [0.15, 0.2) is 0 Å². The van der Waals surface area contributed by atoms with Crippen molar-refractivity contribution >= 4 is 39.3 Å². The van der Waals surface area contributed by atoms with E-state index < -0.39 is 10.0 Å². The summed E-state index contributed by atoms with van der Waals surface area (Å²) in [4.78, 5) is 28.0. The topological polar surface area (TPSA) is 99.9 Å². The van der Waals surface area contributed by atoms with Gasteiger partial charge < -0.3 is 14.6 Å². The average Bonchev–Trinajstić information content (AvgIpc) is 3.26. The van der Waals surface area contributed by atoms with Crippen LogP contribution in [-0.4, -0.2) is 49.4 Å². The highest BCUT2D eigenvalue weighted by Gasteiger charge is 2.32. The number of nitrogens with one attached hydrogen (secondary N) is 1. The molecule has 2 aliphatic heterocycles.